The number of urea groups is 1. The van der Waals surface area contributed by atoms with Gasteiger partial charge in [0.25, 0.3) is 5.91 Å². The summed E-state index contributed by atoms with van der Waals surface area (Å²) < 4.78 is 0. The molecular weight excluding hydrogens is 492 g/mol. The Morgan fingerprint density at radius 2 is 1.69 bits per heavy atom. The number of aromatic nitrogens is 2. The minimum Gasteiger partial charge on any atom is -0.364 e. The fourth-order valence-corrected chi connectivity index (χ4v) is 6.53. The number of nitrogens with zero attached hydrogens (tertiary/aromatic N) is 4. The van der Waals surface area contributed by atoms with Crippen LogP contribution >= 0.6 is 0 Å². The third-order valence-corrected chi connectivity index (χ3v) is 8.83. The summed E-state index contributed by atoms with van der Waals surface area (Å²) in [4.78, 5) is 38.0. The zero-order chi connectivity index (χ0) is 27.4. The SMILES string of the molecule is CNC(=O)N[C@@H]1CCCN(c2cnc(C(N)=O)c(Nc3ccc(C4CCN(C5CCCC5)CC4)cc3)n2)[C@@H]1C. The number of primary amides is 1. The Kier molecular flexibility index (Phi) is 8.50. The van der Waals surface area contributed by atoms with Gasteiger partial charge in [0.05, 0.1) is 12.2 Å². The van der Waals surface area contributed by atoms with Gasteiger partial charge in [0.15, 0.2) is 11.5 Å². The van der Waals surface area contributed by atoms with Crippen molar-refractivity contribution in [2.24, 2.45) is 5.73 Å². The van der Waals surface area contributed by atoms with E-state index >= 15 is 0 Å². The third-order valence-electron chi connectivity index (χ3n) is 8.83. The lowest BCUT2D eigenvalue weighted by Gasteiger charge is -2.40. The van der Waals surface area contributed by atoms with Gasteiger partial charge in [0.1, 0.15) is 5.82 Å². The van der Waals surface area contributed by atoms with Crippen molar-refractivity contribution in [3.05, 3.63) is 41.7 Å². The van der Waals surface area contributed by atoms with Crippen molar-refractivity contribution in [1.82, 2.24) is 25.5 Å². The Labute approximate surface area is 231 Å². The van der Waals surface area contributed by atoms with Gasteiger partial charge in [-0.1, -0.05) is 25.0 Å². The third kappa shape index (κ3) is 6.27. The molecule has 1 aromatic heterocycles. The summed E-state index contributed by atoms with van der Waals surface area (Å²) in [6, 6.07) is 9.05. The van der Waals surface area contributed by atoms with E-state index in [0.29, 0.717) is 17.6 Å². The molecule has 1 aromatic carbocycles. The van der Waals surface area contributed by atoms with Crippen LogP contribution in [0.3, 0.4) is 0 Å². The molecule has 3 aliphatic rings. The first-order valence-corrected chi connectivity index (χ1v) is 14.5. The minimum atomic E-state index is -0.631. The number of likely N-dealkylation sites (tertiary alicyclic amines) is 1. The number of piperidine rings is 2. The molecule has 0 unspecified atom stereocenters. The molecule has 10 nitrogen and oxygen atoms in total. The van der Waals surface area contributed by atoms with Gasteiger partial charge >= 0.3 is 6.03 Å². The van der Waals surface area contributed by atoms with Crippen LogP contribution in [0.4, 0.5) is 22.1 Å². The average molecular weight is 535 g/mol. The summed E-state index contributed by atoms with van der Waals surface area (Å²) >= 11 is 0. The van der Waals surface area contributed by atoms with E-state index in [1.54, 1.807) is 13.2 Å². The van der Waals surface area contributed by atoms with Crippen LogP contribution < -0.4 is 26.6 Å². The quantitative estimate of drug-likeness (QED) is 0.426. The van der Waals surface area contributed by atoms with Crippen molar-refractivity contribution in [3.63, 3.8) is 0 Å². The van der Waals surface area contributed by atoms with E-state index in [4.69, 9.17) is 10.7 Å². The number of hydrogen-bond acceptors (Lipinski definition) is 7. The second-order valence-electron chi connectivity index (χ2n) is 11.2. The lowest BCUT2D eigenvalue weighted by molar-refractivity contribution is 0.0996. The molecular formula is C29H42N8O2. The molecule has 2 saturated heterocycles. The maximum Gasteiger partial charge on any atom is 0.314 e. The molecule has 0 spiro atoms. The molecule has 5 rings (SSSR count). The number of benzene rings is 1. The summed E-state index contributed by atoms with van der Waals surface area (Å²) in [5.41, 5.74) is 7.94. The summed E-state index contributed by atoms with van der Waals surface area (Å²) in [5.74, 6) is 0.932. The van der Waals surface area contributed by atoms with Gasteiger partial charge in [-0.2, -0.15) is 0 Å². The van der Waals surface area contributed by atoms with Crippen molar-refractivity contribution in [1.29, 1.82) is 0 Å². The van der Waals surface area contributed by atoms with E-state index in [9.17, 15) is 9.59 Å². The predicted octanol–water partition coefficient (Wildman–Crippen LogP) is 3.73. The molecule has 2 aromatic rings. The van der Waals surface area contributed by atoms with Gasteiger partial charge in [0.2, 0.25) is 0 Å². The smallest absolute Gasteiger partial charge is 0.314 e. The van der Waals surface area contributed by atoms with Crippen molar-refractivity contribution in [2.45, 2.75) is 82.3 Å². The number of amides is 3. The van der Waals surface area contributed by atoms with E-state index in [2.05, 4.69) is 49.8 Å². The number of nitrogens with two attached hydrogens (primary N) is 1. The second kappa shape index (κ2) is 12.2. The van der Waals surface area contributed by atoms with Crippen LogP contribution in [-0.4, -0.2) is 71.6 Å². The normalized spacial score (nSPS) is 23.0. The van der Waals surface area contributed by atoms with Crippen LogP contribution in [-0.2, 0) is 0 Å². The van der Waals surface area contributed by atoms with E-state index in [1.807, 2.05) is 12.1 Å². The summed E-state index contributed by atoms with van der Waals surface area (Å²) in [7, 11) is 1.61. The van der Waals surface area contributed by atoms with E-state index in [0.717, 1.165) is 31.1 Å². The Hall–Kier alpha value is -3.40. The fourth-order valence-electron chi connectivity index (χ4n) is 6.53. The summed E-state index contributed by atoms with van der Waals surface area (Å²) in [5, 5.41) is 8.93. The Morgan fingerprint density at radius 3 is 2.36 bits per heavy atom. The topological polar surface area (TPSA) is 129 Å². The van der Waals surface area contributed by atoms with Gasteiger partial charge in [0, 0.05) is 31.4 Å². The van der Waals surface area contributed by atoms with Crippen molar-refractivity contribution in [3.8, 4) is 0 Å². The van der Waals surface area contributed by atoms with E-state index in [1.165, 1.54) is 57.2 Å². The number of hydrogen-bond donors (Lipinski definition) is 4. The highest BCUT2D eigenvalue weighted by Gasteiger charge is 2.31. The van der Waals surface area contributed by atoms with Gasteiger partial charge < -0.3 is 31.5 Å². The first-order valence-electron chi connectivity index (χ1n) is 14.5. The first-order chi connectivity index (χ1) is 18.9. The predicted molar refractivity (Wildman–Crippen MR) is 153 cm³/mol. The molecule has 0 radical (unpaired) electrons. The minimum absolute atomic E-state index is 0.0111. The van der Waals surface area contributed by atoms with Crippen molar-refractivity contribution < 1.29 is 9.59 Å². The van der Waals surface area contributed by atoms with Gasteiger partial charge in [-0.25, -0.2) is 14.8 Å². The standard InChI is InChI=1S/C29H42N8O2/c1-19-24(34-29(39)31-2)8-5-15-37(19)25-18-32-26(27(30)38)28(35-25)33-22-11-9-20(10-12-22)21-13-16-36(17-14-21)23-6-3-4-7-23/h9-12,18-19,21,23-24H,3-8,13-17H2,1-2H3,(H2,30,38)(H,33,35)(H2,31,34,39)/t19-,24-/m1/s1. The number of rotatable bonds is 7. The molecule has 2 atom stereocenters. The summed E-state index contributed by atoms with van der Waals surface area (Å²) in [6.07, 6.45) is 11.3. The van der Waals surface area contributed by atoms with Crippen LogP contribution in [0.2, 0.25) is 0 Å². The van der Waals surface area contributed by atoms with Crippen molar-refractivity contribution >= 4 is 29.3 Å². The highest BCUT2D eigenvalue weighted by Crippen LogP contribution is 2.33. The van der Waals surface area contributed by atoms with E-state index in [-0.39, 0.29) is 23.8 Å². The maximum atomic E-state index is 12.2. The molecule has 10 heteroatoms. The van der Waals surface area contributed by atoms with Gasteiger partial charge in [-0.3, -0.25) is 4.79 Å². The van der Waals surface area contributed by atoms with E-state index < -0.39 is 5.91 Å². The zero-order valence-corrected chi connectivity index (χ0v) is 23.2. The molecule has 39 heavy (non-hydrogen) atoms. The van der Waals surface area contributed by atoms with Gasteiger partial charge in [-0.15, -0.1) is 0 Å². The average Bonchev–Trinajstić information content (AvgIpc) is 3.50. The van der Waals surface area contributed by atoms with Crippen molar-refractivity contribution in [2.75, 3.05) is 36.9 Å². The molecule has 5 N–H and O–H groups in total. The number of carbonyl (C=O) groups is 2. The number of carbonyl (C=O) groups excluding carboxylic acids is 2. The Morgan fingerprint density at radius 1 is 0.974 bits per heavy atom. The van der Waals surface area contributed by atoms with Crippen LogP contribution in [0.5, 0.6) is 0 Å². The molecule has 3 fully saturated rings. The maximum absolute atomic E-state index is 12.2. The van der Waals surface area contributed by atoms with Crippen LogP contribution in [0.25, 0.3) is 0 Å². The molecule has 1 saturated carbocycles. The Bertz CT molecular complexity index is 1140. The van der Waals surface area contributed by atoms with Crippen LogP contribution in [0.1, 0.15) is 80.3 Å². The molecule has 3 heterocycles. The number of anilines is 3. The monoisotopic (exact) mass is 534 g/mol. The number of nitrogens with one attached hydrogen (secondary N) is 3. The molecule has 210 valence electrons. The van der Waals surface area contributed by atoms with Crippen LogP contribution in [0.15, 0.2) is 30.5 Å². The molecule has 2 aliphatic heterocycles. The lowest BCUT2D eigenvalue weighted by Crippen LogP contribution is -2.55. The van der Waals surface area contributed by atoms with Crippen LogP contribution in [0, 0.1) is 0 Å². The Balaban J connectivity index is 1.27. The fraction of sp³-hybridized carbons (Fsp3) is 0.586. The largest absolute Gasteiger partial charge is 0.364 e. The zero-order valence-electron chi connectivity index (χ0n) is 23.2. The summed E-state index contributed by atoms with van der Waals surface area (Å²) in [6.45, 7) is 5.22. The molecule has 0 bridgehead atoms. The molecule has 1 aliphatic carbocycles. The lowest BCUT2D eigenvalue weighted by atomic mass is 9.88. The highest BCUT2D eigenvalue weighted by molar-refractivity contribution is 5.96. The highest BCUT2D eigenvalue weighted by atomic mass is 16.2. The van der Waals surface area contributed by atoms with Gasteiger partial charge in [-0.05, 0) is 82.2 Å². The second-order valence-corrected chi connectivity index (χ2v) is 11.2. The first kappa shape index (κ1) is 27.2. The molecule has 3 amide bonds.